The Kier molecular flexibility index (Phi) is 11.6. The summed E-state index contributed by atoms with van der Waals surface area (Å²) in [7, 11) is 3.91. The lowest BCUT2D eigenvalue weighted by atomic mass is 10.1. The summed E-state index contributed by atoms with van der Waals surface area (Å²) in [6.07, 6.45) is 1.65. The standard InChI is InChI=1S/C42H37N5O3S2/c1-28-14-18-30(19-15-28)37-27-51-42(45-37)46-41(50)38(31-10-6-4-7-11-31)52-35-24-20-33(21-25-35)43-40(49)36(44-39(48)32-12-8-5-9-13-32)26-29-16-22-34(23-17-29)47(2)3/h4-27,38H,1-3H3,(H,43,49)(H,44,48)(H,45,46,50)/b36-26-. The molecular formula is C42H37N5O3S2. The van der Waals surface area contributed by atoms with Crippen LogP contribution in [-0.4, -0.2) is 36.8 Å². The fraction of sp³-hybridized carbons (Fsp3) is 0.0952. The molecule has 0 saturated heterocycles. The van der Waals surface area contributed by atoms with E-state index in [1.807, 2.05) is 128 Å². The summed E-state index contributed by atoms with van der Waals surface area (Å²) < 4.78 is 0. The van der Waals surface area contributed by atoms with Crippen molar-refractivity contribution in [2.24, 2.45) is 0 Å². The third-order valence-corrected chi connectivity index (χ3v) is 10.1. The third kappa shape index (κ3) is 9.42. The summed E-state index contributed by atoms with van der Waals surface area (Å²) in [5.74, 6) is -1.06. The molecule has 1 atom stereocenters. The van der Waals surface area contributed by atoms with E-state index in [4.69, 9.17) is 0 Å². The van der Waals surface area contributed by atoms with Crippen molar-refractivity contribution in [3.05, 3.63) is 167 Å². The van der Waals surface area contributed by atoms with Gasteiger partial charge in [-0.15, -0.1) is 23.1 Å². The molecule has 3 N–H and O–H groups in total. The number of anilines is 3. The molecule has 0 radical (unpaired) electrons. The second-order valence-electron chi connectivity index (χ2n) is 12.1. The van der Waals surface area contributed by atoms with Gasteiger partial charge in [-0.2, -0.15) is 0 Å². The molecule has 6 aromatic rings. The van der Waals surface area contributed by atoms with Gasteiger partial charge in [-0.25, -0.2) is 4.98 Å². The number of nitrogens with zero attached hydrogens (tertiary/aromatic N) is 2. The van der Waals surface area contributed by atoms with E-state index in [2.05, 4.69) is 20.9 Å². The highest BCUT2D eigenvalue weighted by Gasteiger charge is 2.24. The fourth-order valence-corrected chi connectivity index (χ4v) is 6.94. The van der Waals surface area contributed by atoms with Crippen molar-refractivity contribution < 1.29 is 14.4 Å². The van der Waals surface area contributed by atoms with Crippen LogP contribution in [0.25, 0.3) is 17.3 Å². The minimum Gasteiger partial charge on any atom is -0.378 e. The molecule has 0 spiro atoms. The molecule has 52 heavy (non-hydrogen) atoms. The van der Waals surface area contributed by atoms with Crippen LogP contribution in [0.4, 0.5) is 16.5 Å². The molecule has 10 heteroatoms. The first-order chi connectivity index (χ1) is 25.2. The summed E-state index contributed by atoms with van der Waals surface area (Å²) >= 11 is 2.78. The summed E-state index contributed by atoms with van der Waals surface area (Å²) in [6.45, 7) is 2.04. The fourth-order valence-electron chi connectivity index (χ4n) is 5.19. The number of amides is 3. The quantitative estimate of drug-likeness (QED) is 0.0860. The van der Waals surface area contributed by atoms with Crippen LogP contribution >= 0.6 is 23.1 Å². The number of benzene rings is 5. The van der Waals surface area contributed by atoms with Crippen molar-refractivity contribution >= 4 is 63.4 Å². The van der Waals surface area contributed by atoms with Gasteiger partial charge < -0.3 is 20.9 Å². The Bertz CT molecular complexity index is 2170. The monoisotopic (exact) mass is 723 g/mol. The number of thiazole rings is 1. The van der Waals surface area contributed by atoms with Gasteiger partial charge in [0, 0.05) is 46.9 Å². The number of hydrogen-bond donors (Lipinski definition) is 3. The molecule has 0 saturated carbocycles. The Hall–Kier alpha value is -5.97. The van der Waals surface area contributed by atoms with Gasteiger partial charge in [0.1, 0.15) is 10.9 Å². The van der Waals surface area contributed by atoms with Crippen LogP contribution < -0.4 is 20.9 Å². The van der Waals surface area contributed by atoms with E-state index >= 15 is 0 Å². The first-order valence-corrected chi connectivity index (χ1v) is 18.3. The molecule has 1 heterocycles. The number of rotatable bonds is 12. The largest absolute Gasteiger partial charge is 0.378 e. The lowest BCUT2D eigenvalue weighted by Crippen LogP contribution is -2.30. The van der Waals surface area contributed by atoms with Crippen LogP contribution in [0, 0.1) is 6.92 Å². The minimum absolute atomic E-state index is 0.0958. The topological polar surface area (TPSA) is 103 Å². The average molecular weight is 724 g/mol. The molecule has 1 unspecified atom stereocenters. The summed E-state index contributed by atoms with van der Waals surface area (Å²) in [4.78, 5) is 47.9. The van der Waals surface area contributed by atoms with Gasteiger partial charge in [-0.05, 0) is 72.7 Å². The number of thioether (sulfide) groups is 1. The Morgan fingerprint density at radius 2 is 1.42 bits per heavy atom. The zero-order chi connectivity index (χ0) is 36.5. The van der Waals surface area contributed by atoms with Crippen molar-refractivity contribution in [1.29, 1.82) is 0 Å². The predicted molar refractivity (Wildman–Crippen MR) is 214 cm³/mol. The maximum Gasteiger partial charge on any atom is 0.272 e. The third-order valence-electron chi connectivity index (χ3n) is 8.04. The van der Waals surface area contributed by atoms with Crippen molar-refractivity contribution in [2.45, 2.75) is 17.1 Å². The van der Waals surface area contributed by atoms with Gasteiger partial charge in [0.2, 0.25) is 5.91 Å². The number of aryl methyl sites for hydroxylation is 1. The molecule has 0 aliphatic carbocycles. The Balaban J connectivity index is 1.17. The molecule has 3 amide bonds. The number of nitrogens with one attached hydrogen (secondary N) is 3. The molecular weight excluding hydrogens is 687 g/mol. The zero-order valence-electron chi connectivity index (χ0n) is 28.9. The summed E-state index contributed by atoms with van der Waals surface area (Å²) in [6, 6.07) is 41.4. The van der Waals surface area contributed by atoms with Gasteiger partial charge in [-0.1, -0.05) is 90.5 Å². The molecule has 1 aromatic heterocycles. The number of carbonyl (C=O) groups excluding carboxylic acids is 3. The Morgan fingerprint density at radius 1 is 0.769 bits per heavy atom. The Labute approximate surface area is 311 Å². The van der Waals surface area contributed by atoms with Crippen LogP contribution in [-0.2, 0) is 9.59 Å². The van der Waals surface area contributed by atoms with E-state index in [1.54, 1.807) is 42.5 Å². The van der Waals surface area contributed by atoms with Crippen molar-refractivity contribution in [3.63, 3.8) is 0 Å². The van der Waals surface area contributed by atoms with Crippen LogP contribution in [0.15, 0.2) is 149 Å². The maximum absolute atomic E-state index is 13.7. The molecule has 0 aliphatic heterocycles. The van der Waals surface area contributed by atoms with E-state index in [1.165, 1.54) is 28.7 Å². The Morgan fingerprint density at radius 3 is 2.08 bits per heavy atom. The first kappa shape index (κ1) is 35.8. The predicted octanol–water partition coefficient (Wildman–Crippen LogP) is 9.07. The molecule has 5 aromatic carbocycles. The summed E-state index contributed by atoms with van der Waals surface area (Å²) in [5.41, 5.74) is 6.64. The van der Waals surface area contributed by atoms with E-state index in [0.29, 0.717) is 16.4 Å². The van der Waals surface area contributed by atoms with E-state index in [9.17, 15) is 14.4 Å². The van der Waals surface area contributed by atoms with Crippen LogP contribution in [0.5, 0.6) is 0 Å². The van der Waals surface area contributed by atoms with E-state index in [-0.39, 0.29) is 11.6 Å². The smallest absolute Gasteiger partial charge is 0.272 e. The molecule has 0 aliphatic rings. The second kappa shape index (κ2) is 16.8. The van der Waals surface area contributed by atoms with E-state index < -0.39 is 17.1 Å². The normalized spacial score (nSPS) is 11.7. The second-order valence-corrected chi connectivity index (χ2v) is 14.2. The van der Waals surface area contributed by atoms with Crippen LogP contribution in [0.2, 0.25) is 0 Å². The average Bonchev–Trinajstić information content (AvgIpc) is 3.63. The highest BCUT2D eigenvalue weighted by Crippen LogP contribution is 2.37. The number of carbonyl (C=O) groups is 3. The van der Waals surface area contributed by atoms with Crippen molar-refractivity contribution in [2.75, 3.05) is 29.6 Å². The lowest BCUT2D eigenvalue weighted by Gasteiger charge is -2.17. The maximum atomic E-state index is 13.7. The minimum atomic E-state index is -0.560. The molecule has 6 rings (SSSR count). The highest BCUT2D eigenvalue weighted by molar-refractivity contribution is 8.00. The summed E-state index contributed by atoms with van der Waals surface area (Å²) in [5, 5.41) is 10.6. The molecule has 0 fully saturated rings. The van der Waals surface area contributed by atoms with Crippen LogP contribution in [0.3, 0.4) is 0 Å². The van der Waals surface area contributed by atoms with Crippen molar-refractivity contribution in [3.8, 4) is 11.3 Å². The van der Waals surface area contributed by atoms with Gasteiger partial charge in [0.05, 0.1) is 5.69 Å². The van der Waals surface area contributed by atoms with Gasteiger partial charge in [0.15, 0.2) is 5.13 Å². The van der Waals surface area contributed by atoms with E-state index in [0.717, 1.165) is 33.0 Å². The zero-order valence-corrected chi connectivity index (χ0v) is 30.5. The van der Waals surface area contributed by atoms with Crippen molar-refractivity contribution in [1.82, 2.24) is 10.3 Å². The SMILES string of the molecule is Cc1ccc(-c2csc(NC(=O)C(Sc3ccc(NC(=O)/C(=C/c4ccc(N(C)C)cc4)NC(=O)c4ccccc4)cc3)c3ccccc3)n2)cc1. The number of hydrogen-bond acceptors (Lipinski definition) is 7. The van der Waals surface area contributed by atoms with Gasteiger partial charge in [0.25, 0.3) is 11.8 Å². The molecule has 260 valence electrons. The highest BCUT2D eigenvalue weighted by atomic mass is 32.2. The molecule has 0 bridgehead atoms. The lowest BCUT2D eigenvalue weighted by molar-refractivity contribution is -0.116. The number of aromatic nitrogens is 1. The molecule has 8 nitrogen and oxygen atoms in total. The van der Waals surface area contributed by atoms with Gasteiger partial charge >= 0.3 is 0 Å². The van der Waals surface area contributed by atoms with Gasteiger partial charge in [-0.3, -0.25) is 14.4 Å². The first-order valence-electron chi connectivity index (χ1n) is 16.5. The van der Waals surface area contributed by atoms with Crippen LogP contribution in [0.1, 0.15) is 32.3 Å².